The Morgan fingerprint density at radius 2 is 2.16 bits per heavy atom. The van der Waals surface area contributed by atoms with Gasteiger partial charge in [0.15, 0.2) is 11.6 Å². The molecule has 0 radical (unpaired) electrons. The Labute approximate surface area is 111 Å². The molecular formula is C13H19FN2O3. The predicted octanol–water partition coefficient (Wildman–Crippen LogP) is 2.12. The summed E-state index contributed by atoms with van der Waals surface area (Å²) in [5.74, 6) is -0.429. The lowest BCUT2D eigenvalue weighted by atomic mass is 10.0. The molecule has 5 nitrogen and oxygen atoms in total. The quantitative estimate of drug-likeness (QED) is 0.767. The van der Waals surface area contributed by atoms with Crippen molar-refractivity contribution in [3.05, 3.63) is 24.0 Å². The summed E-state index contributed by atoms with van der Waals surface area (Å²) in [7, 11) is 1.37. The van der Waals surface area contributed by atoms with E-state index >= 15 is 0 Å². The molecule has 1 rings (SSSR count). The molecule has 19 heavy (non-hydrogen) atoms. The highest BCUT2D eigenvalue weighted by Gasteiger charge is 2.19. The Morgan fingerprint density at radius 3 is 2.68 bits per heavy atom. The first-order chi connectivity index (χ1) is 8.88. The van der Waals surface area contributed by atoms with E-state index in [2.05, 4.69) is 10.6 Å². The summed E-state index contributed by atoms with van der Waals surface area (Å²) in [6.07, 6.45) is 0.428. The van der Waals surface area contributed by atoms with E-state index in [1.165, 1.54) is 19.2 Å². The van der Waals surface area contributed by atoms with Gasteiger partial charge in [-0.2, -0.15) is 0 Å². The number of nitrogens with one attached hydrogen (secondary N) is 2. The molecule has 0 heterocycles. The molecule has 0 saturated heterocycles. The smallest absolute Gasteiger partial charge is 0.319 e. The highest BCUT2D eigenvalue weighted by atomic mass is 19.1. The Balaban J connectivity index is 2.64. The van der Waals surface area contributed by atoms with Gasteiger partial charge in [0.2, 0.25) is 0 Å². The van der Waals surface area contributed by atoms with E-state index in [0.717, 1.165) is 0 Å². The summed E-state index contributed by atoms with van der Waals surface area (Å²) >= 11 is 0. The van der Waals surface area contributed by atoms with Crippen molar-refractivity contribution in [2.24, 2.45) is 0 Å². The molecule has 0 saturated carbocycles. The second-order valence-electron chi connectivity index (χ2n) is 4.79. The lowest BCUT2D eigenvalue weighted by Gasteiger charge is -2.25. The van der Waals surface area contributed by atoms with Crippen molar-refractivity contribution in [2.45, 2.75) is 25.8 Å². The molecule has 1 aromatic rings. The van der Waals surface area contributed by atoms with Crippen LogP contribution in [-0.4, -0.2) is 30.4 Å². The maximum absolute atomic E-state index is 13.4. The van der Waals surface area contributed by atoms with Crippen LogP contribution in [0.15, 0.2) is 18.2 Å². The minimum Gasteiger partial charge on any atom is -0.494 e. The molecule has 0 unspecified atom stereocenters. The average molecular weight is 270 g/mol. The van der Waals surface area contributed by atoms with Crippen LogP contribution in [0.5, 0.6) is 5.75 Å². The zero-order valence-electron chi connectivity index (χ0n) is 11.3. The fraction of sp³-hybridized carbons (Fsp3) is 0.462. The Bertz CT molecular complexity index is 450. The largest absolute Gasteiger partial charge is 0.494 e. The molecule has 106 valence electrons. The Morgan fingerprint density at radius 1 is 1.47 bits per heavy atom. The number of carbonyl (C=O) groups is 1. The van der Waals surface area contributed by atoms with Gasteiger partial charge in [0.05, 0.1) is 7.11 Å². The molecule has 0 fully saturated rings. The third-order valence-corrected chi connectivity index (χ3v) is 2.60. The number of rotatable bonds is 5. The molecule has 0 aliphatic heterocycles. The Kier molecular flexibility index (Phi) is 5.11. The number of aliphatic hydroxyl groups excluding tert-OH is 1. The van der Waals surface area contributed by atoms with Crippen LogP contribution in [0.4, 0.5) is 14.9 Å². The molecule has 6 heteroatoms. The minimum atomic E-state index is -0.546. The first-order valence-electron chi connectivity index (χ1n) is 5.91. The second kappa shape index (κ2) is 6.38. The van der Waals surface area contributed by atoms with Crippen LogP contribution in [-0.2, 0) is 0 Å². The van der Waals surface area contributed by atoms with Crippen molar-refractivity contribution < 1.29 is 19.0 Å². The first kappa shape index (κ1) is 15.2. The number of urea groups is 1. The Hall–Kier alpha value is -1.82. The van der Waals surface area contributed by atoms with Crippen LogP contribution in [0.25, 0.3) is 0 Å². The topological polar surface area (TPSA) is 70.6 Å². The average Bonchev–Trinajstić information content (AvgIpc) is 2.27. The number of halogens is 1. The number of methoxy groups -OCH3 is 1. The number of hydrogen-bond donors (Lipinski definition) is 3. The molecule has 0 aliphatic carbocycles. The summed E-state index contributed by atoms with van der Waals surface area (Å²) in [6.45, 7) is 3.55. The summed E-state index contributed by atoms with van der Waals surface area (Å²) in [5.41, 5.74) is -0.209. The number of amides is 2. The molecule has 2 amide bonds. The van der Waals surface area contributed by atoms with Crippen molar-refractivity contribution in [1.82, 2.24) is 5.32 Å². The highest BCUT2D eigenvalue weighted by Crippen LogP contribution is 2.20. The van der Waals surface area contributed by atoms with Crippen molar-refractivity contribution in [1.29, 1.82) is 0 Å². The van der Waals surface area contributed by atoms with Gasteiger partial charge >= 0.3 is 6.03 Å². The number of hydrogen-bond acceptors (Lipinski definition) is 3. The summed E-state index contributed by atoms with van der Waals surface area (Å²) < 4.78 is 18.2. The maximum atomic E-state index is 13.4. The van der Waals surface area contributed by atoms with E-state index < -0.39 is 17.4 Å². The third-order valence-electron chi connectivity index (χ3n) is 2.60. The van der Waals surface area contributed by atoms with Gasteiger partial charge in [-0.05, 0) is 32.4 Å². The molecule has 0 atom stereocenters. The van der Waals surface area contributed by atoms with Gasteiger partial charge in [-0.15, -0.1) is 0 Å². The first-order valence-corrected chi connectivity index (χ1v) is 5.91. The van der Waals surface area contributed by atoms with Crippen LogP contribution < -0.4 is 15.4 Å². The highest BCUT2D eigenvalue weighted by molar-refractivity contribution is 5.89. The van der Waals surface area contributed by atoms with Gasteiger partial charge < -0.3 is 20.5 Å². The number of anilines is 1. The van der Waals surface area contributed by atoms with Gasteiger partial charge in [0.25, 0.3) is 0 Å². The van der Waals surface area contributed by atoms with Crippen molar-refractivity contribution in [3.63, 3.8) is 0 Å². The van der Waals surface area contributed by atoms with Crippen LogP contribution in [0.2, 0.25) is 0 Å². The van der Waals surface area contributed by atoms with E-state index in [1.807, 2.05) is 0 Å². The predicted molar refractivity (Wildman–Crippen MR) is 70.9 cm³/mol. The zero-order valence-corrected chi connectivity index (χ0v) is 11.3. The maximum Gasteiger partial charge on any atom is 0.319 e. The second-order valence-corrected chi connectivity index (χ2v) is 4.79. The van der Waals surface area contributed by atoms with Gasteiger partial charge in [0, 0.05) is 23.9 Å². The summed E-state index contributed by atoms with van der Waals surface area (Å²) in [6, 6.07) is 3.70. The SMILES string of the molecule is COc1ccc(NC(=O)NC(C)(C)CCO)cc1F. The molecule has 0 aliphatic rings. The van der Waals surface area contributed by atoms with Crippen molar-refractivity contribution in [2.75, 3.05) is 19.0 Å². The van der Waals surface area contributed by atoms with Gasteiger partial charge in [0.1, 0.15) is 0 Å². The van der Waals surface area contributed by atoms with E-state index in [9.17, 15) is 9.18 Å². The van der Waals surface area contributed by atoms with Gasteiger partial charge in [-0.25, -0.2) is 9.18 Å². The fourth-order valence-corrected chi connectivity index (χ4v) is 1.56. The van der Waals surface area contributed by atoms with Crippen LogP contribution in [0, 0.1) is 5.82 Å². The van der Waals surface area contributed by atoms with E-state index in [-0.39, 0.29) is 12.4 Å². The lowest BCUT2D eigenvalue weighted by molar-refractivity contribution is 0.218. The lowest BCUT2D eigenvalue weighted by Crippen LogP contribution is -2.46. The third kappa shape index (κ3) is 4.75. The van der Waals surface area contributed by atoms with E-state index in [0.29, 0.717) is 12.1 Å². The number of carbonyl (C=O) groups excluding carboxylic acids is 1. The summed E-state index contributed by atoms with van der Waals surface area (Å²) in [5, 5.41) is 14.1. The molecule has 1 aromatic carbocycles. The fourth-order valence-electron chi connectivity index (χ4n) is 1.56. The van der Waals surface area contributed by atoms with Crippen LogP contribution in [0.1, 0.15) is 20.3 Å². The minimum absolute atomic E-state index is 0.0234. The molecule has 0 spiro atoms. The van der Waals surface area contributed by atoms with Gasteiger partial charge in [-0.1, -0.05) is 0 Å². The van der Waals surface area contributed by atoms with Crippen molar-refractivity contribution in [3.8, 4) is 5.75 Å². The number of aliphatic hydroxyl groups is 1. The van der Waals surface area contributed by atoms with E-state index in [4.69, 9.17) is 9.84 Å². The van der Waals surface area contributed by atoms with Gasteiger partial charge in [-0.3, -0.25) is 0 Å². The van der Waals surface area contributed by atoms with Crippen molar-refractivity contribution >= 4 is 11.7 Å². The number of ether oxygens (including phenoxy) is 1. The standard InChI is InChI=1S/C13H19FN2O3/c1-13(2,6-7-17)16-12(18)15-9-4-5-11(19-3)10(14)8-9/h4-5,8,17H,6-7H2,1-3H3,(H2,15,16,18). The molecular weight excluding hydrogens is 251 g/mol. The monoisotopic (exact) mass is 270 g/mol. The normalized spacial score (nSPS) is 11.0. The van der Waals surface area contributed by atoms with Crippen LogP contribution >= 0.6 is 0 Å². The number of benzene rings is 1. The molecule has 0 bridgehead atoms. The molecule has 3 N–H and O–H groups in total. The van der Waals surface area contributed by atoms with Crippen LogP contribution in [0.3, 0.4) is 0 Å². The summed E-state index contributed by atoms with van der Waals surface area (Å²) in [4.78, 5) is 11.7. The molecule has 0 aromatic heterocycles. The van der Waals surface area contributed by atoms with E-state index in [1.54, 1.807) is 19.9 Å². The zero-order chi connectivity index (χ0) is 14.5.